The van der Waals surface area contributed by atoms with Gasteiger partial charge >= 0.3 is 0 Å². The molecule has 0 aromatic heterocycles. The summed E-state index contributed by atoms with van der Waals surface area (Å²) in [5.41, 5.74) is 1.25. The lowest BCUT2D eigenvalue weighted by Gasteiger charge is -2.10. The van der Waals surface area contributed by atoms with Gasteiger partial charge in [0.05, 0.1) is 6.10 Å². The molecule has 2 heteroatoms. The van der Waals surface area contributed by atoms with Crippen molar-refractivity contribution in [1.82, 2.24) is 0 Å². The SMILES string of the molecule is COC(C)/C(C)=C(/C)Br. The van der Waals surface area contributed by atoms with Crippen LogP contribution in [0, 0.1) is 0 Å². The summed E-state index contributed by atoms with van der Waals surface area (Å²) < 4.78 is 6.25. The van der Waals surface area contributed by atoms with Gasteiger partial charge in [0.2, 0.25) is 0 Å². The maximum absolute atomic E-state index is 5.09. The molecule has 9 heavy (non-hydrogen) atoms. The Hall–Kier alpha value is 0.180. The molecule has 0 amide bonds. The Morgan fingerprint density at radius 3 is 2.00 bits per heavy atom. The fourth-order valence-corrected chi connectivity index (χ4v) is 0.779. The van der Waals surface area contributed by atoms with Crippen LogP contribution in [0.4, 0.5) is 0 Å². The monoisotopic (exact) mass is 192 g/mol. The molecule has 0 radical (unpaired) electrons. The molecule has 54 valence electrons. The summed E-state index contributed by atoms with van der Waals surface area (Å²) in [6, 6.07) is 0. The van der Waals surface area contributed by atoms with Gasteiger partial charge < -0.3 is 4.74 Å². The van der Waals surface area contributed by atoms with Crippen LogP contribution in [0.2, 0.25) is 0 Å². The van der Waals surface area contributed by atoms with Crippen LogP contribution in [0.5, 0.6) is 0 Å². The van der Waals surface area contributed by atoms with E-state index in [9.17, 15) is 0 Å². The fourth-order valence-electron chi connectivity index (χ4n) is 0.457. The summed E-state index contributed by atoms with van der Waals surface area (Å²) in [5.74, 6) is 0. The number of halogens is 1. The number of allylic oxidation sites excluding steroid dienone is 1. The van der Waals surface area contributed by atoms with Crippen molar-refractivity contribution in [3.8, 4) is 0 Å². The van der Waals surface area contributed by atoms with Crippen LogP contribution in [-0.2, 0) is 4.74 Å². The zero-order valence-electron chi connectivity index (χ0n) is 6.36. The Bertz CT molecular complexity index is 114. The van der Waals surface area contributed by atoms with Gasteiger partial charge in [-0.05, 0) is 30.8 Å². The second-order valence-corrected chi connectivity index (χ2v) is 3.28. The van der Waals surface area contributed by atoms with E-state index in [0.717, 1.165) is 4.48 Å². The molecule has 0 saturated heterocycles. The zero-order valence-corrected chi connectivity index (χ0v) is 7.95. The van der Waals surface area contributed by atoms with Gasteiger partial charge in [0, 0.05) is 7.11 Å². The van der Waals surface area contributed by atoms with Gasteiger partial charge in [-0.3, -0.25) is 0 Å². The second-order valence-electron chi connectivity index (χ2n) is 2.09. The van der Waals surface area contributed by atoms with E-state index in [1.165, 1.54) is 5.57 Å². The van der Waals surface area contributed by atoms with Crippen LogP contribution in [-0.4, -0.2) is 13.2 Å². The van der Waals surface area contributed by atoms with Crippen molar-refractivity contribution in [2.24, 2.45) is 0 Å². The Morgan fingerprint density at radius 1 is 1.44 bits per heavy atom. The summed E-state index contributed by atoms with van der Waals surface area (Å²) in [6.45, 7) is 6.10. The minimum absolute atomic E-state index is 0.226. The first-order valence-electron chi connectivity index (χ1n) is 2.95. The Morgan fingerprint density at radius 2 is 1.89 bits per heavy atom. The van der Waals surface area contributed by atoms with E-state index in [0.29, 0.717) is 0 Å². The van der Waals surface area contributed by atoms with Crippen molar-refractivity contribution in [3.05, 3.63) is 10.1 Å². The van der Waals surface area contributed by atoms with Crippen LogP contribution in [0.3, 0.4) is 0 Å². The van der Waals surface area contributed by atoms with Gasteiger partial charge in [0.15, 0.2) is 0 Å². The lowest BCUT2D eigenvalue weighted by Crippen LogP contribution is -2.06. The Kier molecular flexibility index (Phi) is 4.15. The van der Waals surface area contributed by atoms with Crippen LogP contribution in [0.15, 0.2) is 10.1 Å². The molecule has 0 rings (SSSR count). The van der Waals surface area contributed by atoms with Crippen LogP contribution in [0.25, 0.3) is 0 Å². The molecular weight excluding hydrogens is 180 g/mol. The highest BCUT2D eigenvalue weighted by Gasteiger charge is 2.02. The topological polar surface area (TPSA) is 9.23 Å². The normalized spacial score (nSPS) is 17.0. The molecule has 0 saturated carbocycles. The highest BCUT2D eigenvalue weighted by Crippen LogP contribution is 2.14. The van der Waals surface area contributed by atoms with Gasteiger partial charge in [0.25, 0.3) is 0 Å². The molecule has 0 spiro atoms. The number of hydrogen-bond acceptors (Lipinski definition) is 1. The maximum Gasteiger partial charge on any atom is 0.0760 e. The molecule has 0 aliphatic heterocycles. The summed E-state index contributed by atoms with van der Waals surface area (Å²) in [4.78, 5) is 0. The van der Waals surface area contributed by atoms with Crippen LogP contribution >= 0.6 is 15.9 Å². The minimum Gasteiger partial charge on any atom is -0.377 e. The average Bonchev–Trinajstić information content (AvgIpc) is 1.84. The van der Waals surface area contributed by atoms with Crippen molar-refractivity contribution in [1.29, 1.82) is 0 Å². The lowest BCUT2D eigenvalue weighted by atomic mass is 10.2. The van der Waals surface area contributed by atoms with Crippen molar-refractivity contribution in [2.75, 3.05) is 7.11 Å². The fraction of sp³-hybridized carbons (Fsp3) is 0.714. The van der Waals surface area contributed by atoms with E-state index in [2.05, 4.69) is 22.9 Å². The van der Waals surface area contributed by atoms with E-state index in [1.807, 2.05) is 13.8 Å². The zero-order chi connectivity index (χ0) is 7.44. The number of rotatable bonds is 2. The van der Waals surface area contributed by atoms with Crippen molar-refractivity contribution >= 4 is 15.9 Å². The minimum atomic E-state index is 0.226. The summed E-state index contributed by atoms with van der Waals surface area (Å²) in [5, 5.41) is 0. The predicted molar refractivity (Wildman–Crippen MR) is 43.8 cm³/mol. The van der Waals surface area contributed by atoms with Gasteiger partial charge in [-0.25, -0.2) is 0 Å². The molecule has 0 bridgehead atoms. The third kappa shape index (κ3) is 3.01. The van der Waals surface area contributed by atoms with E-state index < -0.39 is 0 Å². The molecule has 0 fully saturated rings. The lowest BCUT2D eigenvalue weighted by molar-refractivity contribution is 0.146. The van der Waals surface area contributed by atoms with Crippen LogP contribution < -0.4 is 0 Å². The molecule has 1 unspecified atom stereocenters. The van der Waals surface area contributed by atoms with Gasteiger partial charge in [-0.2, -0.15) is 0 Å². The number of hydrogen-bond donors (Lipinski definition) is 0. The molecule has 0 aromatic carbocycles. The molecule has 0 aliphatic rings. The van der Waals surface area contributed by atoms with E-state index >= 15 is 0 Å². The van der Waals surface area contributed by atoms with E-state index in [4.69, 9.17) is 4.74 Å². The first kappa shape index (κ1) is 9.18. The van der Waals surface area contributed by atoms with Crippen molar-refractivity contribution < 1.29 is 4.74 Å². The van der Waals surface area contributed by atoms with Gasteiger partial charge in [-0.15, -0.1) is 0 Å². The van der Waals surface area contributed by atoms with Crippen molar-refractivity contribution in [3.63, 3.8) is 0 Å². The first-order valence-corrected chi connectivity index (χ1v) is 3.74. The van der Waals surface area contributed by atoms with Gasteiger partial charge in [-0.1, -0.05) is 15.9 Å². The molecule has 1 nitrogen and oxygen atoms in total. The maximum atomic E-state index is 5.09. The smallest absolute Gasteiger partial charge is 0.0760 e. The van der Waals surface area contributed by atoms with E-state index in [-0.39, 0.29) is 6.10 Å². The van der Waals surface area contributed by atoms with Crippen molar-refractivity contribution in [2.45, 2.75) is 26.9 Å². The highest BCUT2D eigenvalue weighted by atomic mass is 79.9. The third-order valence-electron chi connectivity index (χ3n) is 1.51. The second kappa shape index (κ2) is 4.07. The standard InChI is InChI=1S/C7H13BrO/c1-5(6(2)8)7(3)9-4/h7H,1-4H3/b6-5-. The Balaban J connectivity index is 4.02. The highest BCUT2D eigenvalue weighted by molar-refractivity contribution is 9.11. The molecular formula is C7H13BrO. The molecule has 0 aliphatic carbocycles. The quantitative estimate of drug-likeness (QED) is 0.655. The number of ether oxygens (including phenoxy) is 1. The largest absolute Gasteiger partial charge is 0.377 e. The number of methoxy groups -OCH3 is 1. The van der Waals surface area contributed by atoms with Gasteiger partial charge in [0.1, 0.15) is 0 Å². The molecule has 0 aromatic rings. The summed E-state index contributed by atoms with van der Waals surface area (Å²) in [6.07, 6.45) is 0.226. The molecule has 0 N–H and O–H groups in total. The average molecular weight is 193 g/mol. The molecule has 0 heterocycles. The third-order valence-corrected chi connectivity index (χ3v) is 2.13. The Labute approximate surface area is 65.2 Å². The predicted octanol–water partition coefficient (Wildman–Crippen LogP) is 2.71. The molecule has 1 atom stereocenters. The van der Waals surface area contributed by atoms with Crippen LogP contribution in [0.1, 0.15) is 20.8 Å². The summed E-state index contributed by atoms with van der Waals surface area (Å²) >= 11 is 3.38. The summed E-state index contributed by atoms with van der Waals surface area (Å²) in [7, 11) is 1.71. The first-order chi connectivity index (χ1) is 4.09. The van der Waals surface area contributed by atoms with E-state index in [1.54, 1.807) is 7.11 Å².